The van der Waals surface area contributed by atoms with Crippen molar-refractivity contribution in [3.05, 3.63) is 12.0 Å². The lowest BCUT2D eigenvalue weighted by Crippen LogP contribution is -2.36. The standard InChI is InChI=1S/C16H23FN4O3/c1-16(2,3)24-15(22)21-7-6-10(9-21)19-14-18-8-12(17)13(20-14)23-11-4-5-11/h8,10-11H,4-7,9H2,1-3H3,(H,18,19,20)/t10-/m0/s1. The van der Waals surface area contributed by atoms with Gasteiger partial charge in [-0.2, -0.15) is 9.37 Å². The molecule has 7 nitrogen and oxygen atoms in total. The van der Waals surface area contributed by atoms with E-state index in [1.165, 1.54) is 0 Å². The minimum Gasteiger partial charge on any atom is -0.472 e. The van der Waals surface area contributed by atoms with Crippen molar-refractivity contribution in [2.75, 3.05) is 18.4 Å². The van der Waals surface area contributed by atoms with E-state index in [0.717, 1.165) is 25.5 Å². The van der Waals surface area contributed by atoms with E-state index in [0.29, 0.717) is 19.0 Å². The van der Waals surface area contributed by atoms with Gasteiger partial charge in [-0.3, -0.25) is 0 Å². The van der Waals surface area contributed by atoms with Crippen LogP contribution in [0.2, 0.25) is 0 Å². The van der Waals surface area contributed by atoms with Gasteiger partial charge in [0.1, 0.15) is 11.7 Å². The fraction of sp³-hybridized carbons (Fsp3) is 0.688. The minimum atomic E-state index is -0.561. The van der Waals surface area contributed by atoms with Gasteiger partial charge >= 0.3 is 6.09 Å². The molecule has 0 bridgehead atoms. The molecule has 0 aromatic carbocycles. The van der Waals surface area contributed by atoms with Gasteiger partial charge in [0.2, 0.25) is 11.8 Å². The first-order valence-electron chi connectivity index (χ1n) is 8.24. The molecule has 0 unspecified atom stereocenters. The number of carbonyl (C=O) groups excluding carboxylic acids is 1. The zero-order valence-electron chi connectivity index (χ0n) is 14.2. The number of anilines is 1. The van der Waals surface area contributed by atoms with Gasteiger partial charge in [0.25, 0.3) is 5.88 Å². The number of amides is 1. The van der Waals surface area contributed by atoms with Crippen LogP contribution in [0, 0.1) is 5.82 Å². The molecule has 1 aromatic heterocycles. The second kappa shape index (κ2) is 6.41. The number of hydrogen-bond acceptors (Lipinski definition) is 6. The number of likely N-dealkylation sites (tertiary alicyclic amines) is 1. The molecule has 132 valence electrons. The van der Waals surface area contributed by atoms with Gasteiger partial charge in [-0.15, -0.1) is 0 Å². The maximum atomic E-state index is 13.6. The maximum absolute atomic E-state index is 13.6. The fourth-order valence-electron chi connectivity index (χ4n) is 2.40. The SMILES string of the molecule is CC(C)(C)OC(=O)N1CC[C@H](Nc2ncc(F)c(OC3CC3)n2)C1. The summed E-state index contributed by atoms with van der Waals surface area (Å²) >= 11 is 0. The molecule has 1 N–H and O–H groups in total. The van der Waals surface area contributed by atoms with Crippen LogP contribution in [0.5, 0.6) is 5.88 Å². The number of rotatable bonds is 4. The number of nitrogens with zero attached hydrogens (tertiary/aromatic N) is 3. The largest absolute Gasteiger partial charge is 0.472 e. The Kier molecular flexibility index (Phi) is 4.47. The first-order valence-corrected chi connectivity index (χ1v) is 8.24. The maximum Gasteiger partial charge on any atom is 0.410 e. The lowest BCUT2D eigenvalue weighted by molar-refractivity contribution is 0.0293. The van der Waals surface area contributed by atoms with Crippen molar-refractivity contribution in [1.29, 1.82) is 0 Å². The highest BCUT2D eigenvalue weighted by molar-refractivity contribution is 5.68. The zero-order chi connectivity index (χ0) is 17.3. The summed E-state index contributed by atoms with van der Waals surface area (Å²) in [5.41, 5.74) is -0.516. The van der Waals surface area contributed by atoms with Crippen molar-refractivity contribution in [3.8, 4) is 5.88 Å². The molecule has 1 aliphatic heterocycles. The first-order chi connectivity index (χ1) is 11.3. The molecule has 1 aliphatic carbocycles. The number of halogens is 1. The zero-order valence-corrected chi connectivity index (χ0v) is 14.2. The van der Waals surface area contributed by atoms with Crippen molar-refractivity contribution < 1.29 is 18.7 Å². The van der Waals surface area contributed by atoms with Gasteiger partial charge in [-0.25, -0.2) is 9.78 Å². The lowest BCUT2D eigenvalue weighted by atomic mass is 10.2. The Morgan fingerprint density at radius 2 is 2.12 bits per heavy atom. The third kappa shape index (κ3) is 4.46. The molecule has 1 aromatic rings. The van der Waals surface area contributed by atoms with Crippen LogP contribution in [0.1, 0.15) is 40.0 Å². The van der Waals surface area contributed by atoms with Gasteiger partial charge in [0.15, 0.2) is 0 Å². The van der Waals surface area contributed by atoms with Crippen LogP contribution in [0.15, 0.2) is 6.20 Å². The number of hydrogen-bond donors (Lipinski definition) is 1. The molecule has 1 amide bonds. The van der Waals surface area contributed by atoms with E-state index in [2.05, 4.69) is 15.3 Å². The molecule has 0 spiro atoms. The highest BCUT2D eigenvalue weighted by Gasteiger charge is 2.30. The van der Waals surface area contributed by atoms with Crippen LogP contribution in [0.4, 0.5) is 15.1 Å². The quantitative estimate of drug-likeness (QED) is 0.909. The van der Waals surface area contributed by atoms with E-state index in [1.807, 2.05) is 20.8 Å². The van der Waals surface area contributed by atoms with Crippen LogP contribution in [0.25, 0.3) is 0 Å². The van der Waals surface area contributed by atoms with E-state index in [4.69, 9.17) is 9.47 Å². The molecule has 3 rings (SSSR count). The monoisotopic (exact) mass is 338 g/mol. The van der Waals surface area contributed by atoms with Crippen LogP contribution >= 0.6 is 0 Å². The molecule has 2 heterocycles. The highest BCUT2D eigenvalue weighted by Crippen LogP contribution is 2.27. The van der Waals surface area contributed by atoms with Crippen molar-refractivity contribution >= 4 is 12.0 Å². The van der Waals surface area contributed by atoms with E-state index in [9.17, 15) is 9.18 Å². The summed E-state index contributed by atoms with van der Waals surface area (Å²) in [7, 11) is 0. The molecule has 1 atom stereocenters. The van der Waals surface area contributed by atoms with Crippen molar-refractivity contribution in [3.63, 3.8) is 0 Å². The van der Waals surface area contributed by atoms with E-state index < -0.39 is 11.4 Å². The smallest absolute Gasteiger partial charge is 0.410 e. The third-order valence-electron chi connectivity index (χ3n) is 3.69. The molecule has 8 heteroatoms. The molecular formula is C16H23FN4O3. The number of carbonyl (C=O) groups is 1. The summed E-state index contributed by atoms with van der Waals surface area (Å²) in [6.07, 6.45) is 3.45. The Morgan fingerprint density at radius 3 is 2.79 bits per heavy atom. The lowest BCUT2D eigenvalue weighted by Gasteiger charge is -2.24. The summed E-state index contributed by atoms with van der Waals surface area (Å²) in [6, 6.07) is -0.00301. The average Bonchev–Trinajstić information content (AvgIpc) is 3.16. The summed E-state index contributed by atoms with van der Waals surface area (Å²) in [5.74, 6) is -0.269. The summed E-state index contributed by atoms with van der Waals surface area (Å²) in [4.78, 5) is 21.7. The van der Waals surface area contributed by atoms with Crippen LogP contribution in [0.3, 0.4) is 0 Å². The first kappa shape index (κ1) is 16.7. The Hall–Kier alpha value is -2.12. The number of nitrogens with one attached hydrogen (secondary N) is 1. The Bertz CT molecular complexity index is 616. The fourth-order valence-corrected chi connectivity index (χ4v) is 2.40. The second-order valence-corrected chi connectivity index (χ2v) is 7.22. The van der Waals surface area contributed by atoms with E-state index in [-0.39, 0.29) is 24.1 Å². The van der Waals surface area contributed by atoms with Crippen molar-refractivity contribution in [2.24, 2.45) is 0 Å². The molecule has 2 aliphatic rings. The Balaban J connectivity index is 1.56. The van der Waals surface area contributed by atoms with Crippen molar-refractivity contribution in [1.82, 2.24) is 14.9 Å². The predicted molar refractivity (Wildman–Crippen MR) is 85.5 cm³/mol. The highest BCUT2D eigenvalue weighted by atomic mass is 19.1. The van der Waals surface area contributed by atoms with E-state index >= 15 is 0 Å². The van der Waals surface area contributed by atoms with Crippen LogP contribution in [-0.4, -0.2) is 51.8 Å². The topological polar surface area (TPSA) is 76.6 Å². The molecule has 24 heavy (non-hydrogen) atoms. The van der Waals surface area contributed by atoms with Gasteiger partial charge in [-0.05, 0) is 40.0 Å². The van der Waals surface area contributed by atoms with Crippen LogP contribution in [-0.2, 0) is 4.74 Å². The van der Waals surface area contributed by atoms with Crippen LogP contribution < -0.4 is 10.1 Å². The summed E-state index contributed by atoms with van der Waals surface area (Å²) in [6.45, 7) is 6.60. The van der Waals surface area contributed by atoms with Gasteiger partial charge in [-0.1, -0.05) is 0 Å². The molecule has 1 saturated heterocycles. The predicted octanol–water partition coefficient (Wildman–Crippen LogP) is 2.58. The van der Waals surface area contributed by atoms with Crippen molar-refractivity contribution in [2.45, 2.75) is 57.8 Å². The Labute approximate surface area is 140 Å². The average molecular weight is 338 g/mol. The van der Waals surface area contributed by atoms with Gasteiger partial charge in [0, 0.05) is 19.1 Å². The normalized spacial score (nSPS) is 20.8. The van der Waals surface area contributed by atoms with Gasteiger partial charge in [0.05, 0.1) is 6.20 Å². The Morgan fingerprint density at radius 1 is 1.38 bits per heavy atom. The molecular weight excluding hydrogens is 315 g/mol. The minimum absolute atomic E-state index is 0.00301. The summed E-state index contributed by atoms with van der Waals surface area (Å²) < 4.78 is 24.4. The number of aromatic nitrogens is 2. The molecule has 2 fully saturated rings. The number of ether oxygens (including phenoxy) is 2. The third-order valence-corrected chi connectivity index (χ3v) is 3.69. The van der Waals surface area contributed by atoms with Gasteiger partial charge < -0.3 is 19.7 Å². The second-order valence-electron chi connectivity index (χ2n) is 7.22. The molecule has 1 saturated carbocycles. The molecule has 0 radical (unpaired) electrons. The summed E-state index contributed by atoms with van der Waals surface area (Å²) in [5, 5.41) is 3.13. The van der Waals surface area contributed by atoms with E-state index in [1.54, 1.807) is 4.90 Å².